The Morgan fingerprint density at radius 1 is 1.19 bits per heavy atom. The van der Waals surface area contributed by atoms with E-state index in [4.69, 9.17) is 21.6 Å². The molecule has 2 aromatic rings. The SMILES string of the molecule is N#Cc1ccc(Oc2cc(Cl)nc(C(F)(F)F)n2)c(F)c1. The van der Waals surface area contributed by atoms with Gasteiger partial charge in [-0.25, -0.2) is 9.37 Å². The average Bonchev–Trinajstić information content (AvgIpc) is 2.39. The molecular weight excluding hydrogens is 314 g/mol. The monoisotopic (exact) mass is 317 g/mol. The normalized spacial score (nSPS) is 11.0. The Morgan fingerprint density at radius 2 is 1.90 bits per heavy atom. The summed E-state index contributed by atoms with van der Waals surface area (Å²) in [5.41, 5.74) is 0.0385. The molecule has 0 N–H and O–H groups in total. The van der Waals surface area contributed by atoms with Crippen molar-refractivity contribution in [3.63, 3.8) is 0 Å². The second kappa shape index (κ2) is 5.54. The van der Waals surface area contributed by atoms with Crippen LogP contribution in [0.15, 0.2) is 24.3 Å². The molecule has 21 heavy (non-hydrogen) atoms. The number of ether oxygens (including phenoxy) is 1. The van der Waals surface area contributed by atoms with Gasteiger partial charge in [0.1, 0.15) is 5.15 Å². The summed E-state index contributed by atoms with van der Waals surface area (Å²) in [6, 6.07) is 5.83. The summed E-state index contributed by atoms with van der Waals surface area (Å²) in [5.74, 6) is -3.38. The van der Waals surface area contributed by atoms with Crippen molar-refractivity contribution in [2.24, 2.45) is 0 Å². The van der Waals surface area contributed by atoms with Crippen LogP contribution >= 0.6 is 11.6 Å². The van der Waals surface area contributed by atoms with E-state index < -0.39 is 34.6 Å². The number of nitrogens with zero attached hydrogens (tertiary/aromatic N) is 3. The van der Waals surface area contributed by atoms with Crippen LogP contribution in [-0.4, -0.2) is 9.97 Å². The molecule has 0 unspecified atom stereocenters. The molecule has 0 aliphatic rings. The number of hydrogen-bond donors (Lipinski definition) is 0. The van der Waals surface area contributed by atoms with E-state index in [0.29, 0.717) is 0 Å². The fraction of sp³-hybridized carbons (Fsp3) is 0.0833. The fourth-order valence-electron chi connectivity index (χ4n) is 1.34. The first-order chi connectivity index (χ1) is 9.79. The van der Waals surface area contributed by atoms with Crippen LogP contribution in [0, 0.1) is 17.1 Å². The Bertz CT molecular complexity index is 727. The standard InChI is InChI=1S/C12H4ClF4N3O/c13-9-4-10(20-11(19-9)12(15,16)17)21-8-2-1-6(5-18)3-7(8)14/h1-4H. The first-order valence-corrected chi connectivity index (χ1v) is 5.66. The zero-order valence-electron chi connectivity index (χ0n) is 9.95. The van der Waals surface area contributed by atoms with Crippen molar-refractivity contribution in [2.75, 3.05) is 0 Å². The molecule has 0 spiro atoms. The molecule has 9 heteroatoms. The number of benzene rings is 1. The topological polar surface area (TPSA) is 58.8 Å². The molecule has 0 atom stereocenters. The first-order valence-electron chi connectivity index (χ1n) is 5.29. The molecule has 0 aliphatic heterocycles. The van der Waals surface area contributed by atoms with Gasteiger partial charge in [-0.05, 0) is 18.2 Å². The van der Waals surface area contributed by atoms with Crippen LogP contribution in [0.2, 0.25) is 5.15 Å². The third kappa shape index (κ3) is 3.58. The Labute approximate surface area is 120 Å². The number of halogens is 5. The molecule has 1 heterocycles. The lowest BCUT2D eigenvalue weighted by atomic mass is 10.2. The first kappa shape index (κ1) is 15.0. The molecule has 1 aromatic heterocycles. The molecule has 0 aliphatic carbocycles. The van der Waals surface area contributed by atoms with Gasteiger partial charge in [0.15, 0.2) is 11.6 Å². The maximum atomic E-state index is 13.6. The summed E-state index contributed by atoms with van der Waals surface area (Å²) in [6.07, 6.45) is -4.81. The van der Waals surface area contributed by atoms with Crippen molar-refractivity contribution in [1.29, 1.82) is 5.26 Å². The van der Waals surface area contributed by atoms with Gasteiger partial charge in [0.05, 0.1) is 11.6 Å². The van der Waals surface area contributed by atoms with E-state index in [1.807, 2.05) is 0 Å². The van der Waals surface area contributed by atoms with Crippen molar-refractivity contribution in [3.05, 3.63) is 46.6 Å². The summed E-state index contributed by atoms with van der Waals surface area (Å²) in [5, 5.41) is 8.09. The highest BCUT2D eigenvalue weighted by molar-refractivity contribution is 6.29. The summed E-state index contributed by atoms with van der Waals surface area (Å²) in [7, 11) is 0. The highest BCUT2D eigenvalue weighted by atomic mass is 35.5. The van der Waals surface area contributed by atoms with E-state index >= 15 is 0 Å². The predicted octanol–water partition coefficient (Wildman–Crippen LogP) is 3.95. The minimum Gasteiger partial charge on any atom is -0.436 e. The maximum absolute atomic E-state index is 13.6. The van der Waals surface area contributed by atoms with Gasteiger partial charge in [-0.15, -0.1) is 0 Å². The zero-order valence-corrected chi connectivity index (χ0v) is 10.7. The van der Waals surface area contributed by atoms with Crippen molar-refractivity contribution in [1.82, 2.24) is 9.97 Å². The van der Waals surface area contributed by atoms with Crippen LogP contribution in [-0.2, 0) is 6.18 Å². The largest absolute Gasteiger partial charge is 0.451 e. The zero-order chi connectivity index (χ0) is 15.6. The Hall–Kier alpha value is -2.40. The van der Waals surface area contributed by atoms with E-state index in [1.54, 1.807) is 6.07 Å². The fourth-order valence-corrected chi connectivity index (χ4v) is 1.52. The van der Waals surface area contributed by atoms with Crippen molar-refractivity contribution in [3.8, 4) is 17.7 Å². The van der Waals surface area contributed by atoms with Crippen molar-refractivity contribution < 1.29 is 22.3 Å². The number of nitriles is 1. The highest BCUT2D eigenvalue weighted by Gasteiger charge is 2.35. The summed E-state index contributed by atoms with van der Waals surface area (Å²) >= 11 is 5.44. The van der Waals surface area contributed by atoms with Crippen LogP contribution in [0.1, 0.15) is 11.4 Å². The minimum atomic E-state index is -4.81. The maximum Gasteiger partial charge on any atom is 0.451 e. The lowest BCUT2D eigenvalue weighted by molar-refractivity contribution is -0.145. The number of hydrogen-bond acceptors (Lipinski definition) is 4. The van der Waals surface area contributed by atoms with Crippen LogP contribution in [0.25, 0.3) is 0 Å². The van der Waals surface area contributed by atoms with Gasteiger partial charge >= 0.3 is 6.18 Å². The number of rotatable bonds is 2. The van der Waals surface area contributed by atoms with Crippen molar-refractivity contribution >= 4 is 11.6 Å². The average molecular weight is 318 g/mol. The lowest BCUT2D eigenvalue weighted by Crippen LogP contribution is -2.11. The summed E-state index contributed by atoms with van der Waals surface area (Å²) in [4.78, 5) is 6.12. The molecular formula is C12H4ClF4N3O. The molecule has 0 saturated carbocycles. The van der Waals surface area contributed by atoms with E-state index in [-0.39, 0.29) is 5.56 Å². The molecule has 2 rings (SSSR count). The smallest absolute Gasteiger partial charge is 0.436 e. The minimum absolute atomic E-state index is 0.0385. The lowest BCUT2D eigenvalue weighted by Gasteiger charge is -2.09. The number of alkyl halides is 3. The van der Waals surface area contributed by atoms with E-state index in [9.17, 15) is 17.6 Å². The van der Waals surface area contributed by atoms with E-state index in [0.717, 1.165) is 18.2 Å². The molecule has 1 aromatic carbocycles. The number of aromatic nitrogens is 2. The Morgan fingerprint density at radius 3 is 2.48 bits per heavy atom. The van der Waals surface area contributed by atoms with Crippen LogP contribution in [0.5, 0.6) is 11.6 Å². The molecule has 0 bridgehead atoms. The molecule has 0 amide bonds. The van der Waals surface area contributed by atoms with Gasteiger partial charge in [0.25, 0.3) is 0 Å². The third-order valence-electron chi connectivity index (χ3n) is 2.20. The van der Waals surface area contributed by atoms with Gasteiger partial charge in [0, 0.05) is 6.07 Å². The quantitative estimate of drug-likeness (QED) is 0.621. The van der Waals surface area contributed by atoms with E-state index in [2.05, 4.69) is 9.97 Å². The summed E-state index contributed by atoms with van der Waals surface area (Å²) in [6.45, 7) is 0. The molecule has 0 saturated heterocycles. The van der Waals surface area contributed by atoms with Crippen LogP contribution in [0.4, 0.5) is 17.6 Å². The van der Waals surface area contributed by atoms with E-state index in [1.165, 1.54) is 6.07 Å². The van der Waals surface area contributed by atoms with Crippen LogP contribution < -0.4 is 4.74 Å². The Balaban J connectivity index is 2.36. The predicted molar refractivity (Wildman–Crippen MR) is 63.2 cm³/mol. The Kier molecular flexibility index (Phi) is 3.95. The van der Waals surface area contributed by atoms with Gasteiger partial charge in [-0.2, -0.15) is 23.4 Å². The van der Waals surface area contributed by atoms with Crippen molar-refractivity contribution in [2.45, 2.75) is 6.18 Å². The summed E-state index contributed by atoms with van der Waals surface area (Å²) < 4.78 is 56.0. The molecule has 0 radical (unpaired) electrons. The van der Waals surface area contributed by atoms with Gasteiger partial charge < -0.3 is 4.74 Å². The molecule has 108 valence electrons. The second-order valence-electron chi connectivity index (χ2n) is 3.71. The van der Waals surface area contributed by atoms with Gasteiger partial charge in [-0.3, -0.25) is 0 Å². The highest BCUT2D eigenvalue weighted by Crippen LogP contribution is 2.31. The third-order valence-corrected chi connectivity index (χ3v) is 2.39. The van der Waals surface area contributed by atoms with Gasteiger partial charge in [0.2, 0.25) is 11.7 Å². The molecule has 4 nitrogen and oxygen atoms in total. The van der Waals surface area contributed by atoms with Crippen LogP contribution in [0.3, 0.4) is 0 Å². The second-order valence-corrected chi connectivity index (χ2v) is 4.10. The molecule has 0 fully saturated rings. The van der Waals surface area contributed by atoms with Gasteiger partial charge in [-0.1, -0.05) is 11.6 Å².